The molecule has 1 unspecified atom stereocenters. The Balaban J connectivity index is 1.80. The van der Waals surface area contributed by atoms with Gasteiger partial charge in [0.2, 0.25) is 0 Å². The zero-order chi connectivity index (χ0) is 20.6. The smallest absolute Gasteiger partial charge is 0.435 e. The van der Waals surface area contributed by atoms with E-state index in [2.05, 4.69) is 14.7 Å². The van der Waals surface area contributed by atoms with E-state index in [1.165, 1.54) is 47.3 Å². The minimum Gasteiger partial charge on any atom is -0.435 e. The molecule has 3 aromatic rings. The molecule has 0 fully saturated rings. The van der Waals surface area contributed by atoms with Crippen LogP contribution in [0.25, 0.3) is 5.65 Å². The van der Waals surface area contributed by atoms with Crippen molar-refractivity contribution < 1.29 is 26.7 Å². The molecule has 1 atom stereocenters. The lowest BCUT2D eigenvalue weighted by Gasteiger charge is -2.31. The Morgan fingerprint density at radius 2 is 1.83 bits per heavy atom. The number of halogens is 5. The molecule has 0 N–H and O–H groups in total. The Bertz CT molecular complexity index is 1070. The molecule has 0 radical (unpaired) electrons. The molecule has 1 aliphatic rings. The zero-order valence-corrected chi connectivity index (χ0v) is 14.6. The number of allylic oxidation sites excluding steroid dienone is 2. The van der Waals surface area contributed by atoms with E-state index in [9.17, 15) is 22.0 Å². The molecule has 10 heteroatoms. The number of fused-ring (bicyclic) bond motifs is 1. The molecule has 29 heavy (non-hydrogen) atoms. The molecule has 0 amide bonds. The number of rotatable bonds is 4. The minimum atomic E-state index is -4.67. The van der Waals surface area contributed by atoms with Crippen LogP contribution >= 0.6 is 0 Å². The summed E-state index contributed by atoms with van der Waals surface area (Å²) in [4.78, 5) is 9.14. The quantitative estimate of drug-likeness (QED) is 0.571. The van der Waals surface area contributed by atoms with Gasteiger partial charge in [0.25, 0.3) is 0 Å². The predicted octanol–water partition coefficient (Wildman–Crippen LogP) is 4.98. The summed E-state index contributed by atoms with van der Waals surface area (Å²) in [5.74, 6) is -0.0475. The zero-order valence-electron chi connectivity index (χ0n) is 14.6. The van der Waals surface area contributed by atoms with E-state index in [1.807, 2.05) is 0 Å². The van der Waals surface area contributed by atoms with Crippen LogP contribution in [0, 0.1) is 0 Å². The van der Waals surface area contributed by atoms with Crippen molar-refractivity contribution in [1.29, 1.82) is 0 Å². The Hall–Kier alpha value is -3.43. The van der Waals surface area contributed by atoms with E-state index in [4.69, 9.17) is 0 Å². The summed E-state index contributed by atoms with van der Waals surface area (Å²) in [5.41, 5.74) is -0.533. The monoisotopic (exact) mass is 408 g/mol. The van der Waals surface area contributed by atoms with Crippen LogP contribution in [-0.4, -0.2) is 21.0 Å². The predicted molar refractivity (Wildman–Crippen MR) is 94.6 cm³/mol. The first-order valence-electron chi connectivity index (χ1n) is 8.42. The third kappa shape index (κ3) is 3.65. The highest BCUT2D eigenvalue weighted by Gasteiger charge is 2.41. The molecule has 0 saturated carbocycles. The maximum atomic E-state index is 13.7. The molecule has 3 heterocycles. The summed E-state index contributed by atoms with van der Waals surface area (Å²) >= 11 is 0. The van der Waals surface area contributed by atoms with E-state index in [1.54, 1.807) is 29.3 Å². The van der Waals surface area contributed by atoms with Crippen molar-refractivity contribution in [3.63, 3.8) is 0 Å². The molecule has 1 aromatic carbocycles. The number of hydrogen-bond acceptors (Lipinski definition) is 4. The lowest BCUT2D eigenvalue weighted by atomic mass is 10.1. The molecule has 0 saturated heterocycles. The van der Waals surface area contributed by atoms with Gasteiger partial charge in [-0.1, -0.05) is 12.2 Å². The fraction of sp³-hybridized carbons (Fsp3) is 0.158. The maximum Gasteiger partial charge on any atom is 0.435 e. The first kappa shape index (κ1) is 18.9. The van der Waals surface area contributed by atoms with Crippen molar-refractivity contribution in [2.75, 3.05) is 4.90 Å². The van der Waals surface area contributed by atoms with Gasteiger partial charge in [0.1, 0.15) is 5.75 Å². The molecule has 2 aromatic heterocycles. The van der Waals surface area contributed by atoms with Crippen LogP contribution in [0.5, 0.6) is 5.75 Å². The van der Waals surface area contributed by atoms with E-state index >= 15 is 0 Å². The van der Waals surface area contributed by atoms with Gasteiger partial charge in [0, 0.05) is 24.3 Å². The SMILES string of the molecule is FC(F)Oc1ccc(N2C=CC=CC2c2c(C(F)(F)F)nc3cnccn23)cc1. The summed E-state index contributed by atoms with van der Waals surface area (Å²) in [6, 6.07) is 4.80. The fourth-order valence-electron chi connectivity index (χ4n) is 3.18. The molecular formula is C19H13F5N4O. The van der Waals surface area contributed by atoms with Crippen LogP contribution in [-0.2, 0) is 6.18 Å². The third-order valence-corrected chi connectivity index (χ3v) is 4.33. The van der Waals surface area contributed by atoms with Crippen LogP contribution in [0.4, 0.5) is 27.6 Å². The summed E-state index contributed by atoms with van der Waals surface area (Å²) in [6.07, 6.45) is 5.88. The van der Waals surface area contributed by atoms with Gasteiger partial charge in [-0.2, -0.15) is 22.0 Å². The normalized spacial score (nSPS) is 16.8. The number of benzene rings is 1. The van der Waals surface area contributed by atoms with Gasteiger partial charge in [-0.05, 0) is 30.3 Å². The Kier molecular flexibility index (Phi) is 4.69. The average Bonchev–Trinajstić information content (AvgIpc) is 3.08. The summed E-state index contributed by atoms with van der Waals surface area (Å²) < 4.78 is 71.5. The number of ether oxygens (including phenoxy) is 1. The number of aromatic nitrogens is 3. The third-order valence-electron chi connectivity index (χ3n) is 4.33. The lowest BCUT2D eigenvalue weighted by molar-refractivity contribution is -0.141. The largest absolute Gasteiger partial charge is 0.435 e. The second-order valence-electron chi connectivity index (χ2n) is 6.10. The molecule has 150 valence electrons. The van der Waals surface area contributed by atoms with Gasteiger partial charge in [-0.3, -0.25) is 9.38 Å². The Morgan fingerprint density at radius 3 is 2.52 bits per heavy atom. The minimum absolute atomic E-state index is 0.0475. The van der Waals surface area contributed by atoms with E-state index in [-0.39, 0.29) is 17.1 Å². The maximum absolute atomic E-state index is 13.7. The van der Waals surface area contributed by atoms with E-state index in [0.29, 0.717) is 5.69 Å². The molecular weight excluding hydrogens is 395 g/mol. The summed E-state index contributed by atoms with van der Waals surface area (Å²) in [6.45, 7) is -2.97. The number of alkyl halides is 5. The van der Waals surface area contributed by atoms with Gasteiger partial charge in [0.15, 0.2) is 11.3 Å². The summed E-state index contributed by atoms with van der Waals surface area (Å²) in [7, 11) is 0. The van der Waals surface area contributed by atoms with Gasteiger partial charge >= 0.3 is 12.8 Å². The molecule has 4 rings (SSSR count). The molecule has 5 nitrogen and oxygen atoms in total. The van der Waals surface area contributed by atoms with E-state index in [0.717, 1.165) is 0 Å². The first-order chi connectivity index (χ1) is 13.8. The topological polar surface area (TPSA) is 42.7 Å². The van der Waals surface area contributed by atoms with Gasteiger partial charge in [-0.15, -0.1) is 0 Å². The van der Waals surface area contributed by atoms with Crippen molar-refractivity contribution in [2.45, 2.75) is 18.8 Å². The first-order valence-corrected chi connectivity index (χ1v) is 8.42. The van der Waals surface area contributed by atoms with Gasteiger partial charge in [-0.25, -0.2) is 4.98 Å². The van der Waals surface area contributed by atoms with E-state index < -0.39 is 24.5 Å². The standard InChI is InChI=1S/C19H13F5N4O/c20-18(21)29-13-6-4-12(5-7-13)27-9-2-1-3-14(27)16-17(19(22,23)24)26-15-11-25-8-10-28(15)16/h1-11,14,18H. The van der Waals surface area contributed by atoms with Crippen molar-refractivity contribution in [2.24, 2.45) is 0 Å². The lowest BCUT2D eigenvalue weighted by Crippen LogP contribution is -2.26. The average molecular weight is 408 g/mol. The van der Waals surface area contributed by atoms with Crippen molar-refractivity contribution in [3.05, 3.63) is 78.7 Å². The molecule has 0 bridgehead atoms. The highest BCUT2D eigenvalue weighted by atomic mass is 19.4. The van der Waals surface area contributed by atoms with Crippen LogP contribution in [0.3, 0.4) is 0 Å². The highest BCUT2D eigenvalue weighted by Crippen LogP contribution is 2.39. The Morgan fingerprint density at radius 1 is 1.07 bits per heavy atom. The van der Waals surface area contributed by atoms with Crippen molar-refractivity contribution in [1.82, 2.24) is 14.4 Å². The second kappa shape index (κ2) is 7.19. The molecule has 0 aliphatic carbocycles. The fourth-order valence-corrected chi connectivity index (χ4v) is 3.18. The number of hydrogen-bond donors (Lipinski definition) is 0. The highest BCUT2D eigenvalue weighted by molar-refractivity contribution is 5.58. The van der Waals surface area contributed by atoms with Crippen molar-refractivity contribution >= 4 is 11.3 Å². The summed E-state index contributed by atoms with van der Waals surface area (Å²) in [5, 5.41) is 0. The second-order valence-corrected chi connectivity index (χ2v) is 6.10. The number of nitrogens with zero attached hydrogens (tertiary/aromatic N) is 4. The Labute approximate surface area is 161 Å². The number of anilines is 1. The van der Waals surface area contributed by atoms with Crippen LogP contribution in [0.15, 0.2) is 67.3 Å². The molecule has 0 spiro atoms. The van der Waals surface area contributed by atoms with Crippen LogP contribution in [0.2, 0.25) is 0 Å². The number of imidazole rings is 1. The molecule has 1 aliphatic heterocycles. The van der Waals surface area contributed by atoms with Crippen molar-refractivity contribution in [3.8, 4) is 5.75 Å². The van der Waals surface area contributed by atoms with Crippen LogP contribution < -0.4 is 9.64 Å². The van der Waals surface area contributed by atoms with Gasteiger partial charge < -0.3 is 9.64 Å². The van der Waals surface area contributed by atoms with Gasteiger partial charge in [0.05, 0.1) is 17.9 Å². The van der Waals surface area contributed by atoms with Crippen LogP contribution in [0.1, 0.15) is 17.4 Å².